The van der Waals surface area contributed by atoms with Crippen LogP contribution in [0, 0.1) is 6.92 Å². The molecular weight excluding hydrogens is 292 g/mol. The highest BCUT2D eigenvalue weighted by Crippen LogP contribution is 2.06. The molecule has 0 saturated heterocycles. The Morgan fingerprint density at radius 2 is 1.70 bits per heavy atom. The molecule has 0 bridgehead atoms. The normalized spacial score (nSPS) is 10.1. The zero-order valence-electron chi connectivity index (χ0n) is 13.0. The summed E-state index contributed by atoms with van der Waals surface area (Å²) in [6.45, 7) is 2.44. The fourth-order valence-electron chi connectivity index (χ4n) is 2.04. The first-order valence-corrected chi connectivity index (χ1v) is 7.45. The van der Waals surface area contributed by atoms with Crippen molar-refractivity contribution < 1.29 is 14.4 Å². The van der Waals surface area contributed by atoms with Gasteiger partial charge in [0.15, 0.2) is 0 Å². The molecule has 0 aliphatic carbocycles. The highest BCUT2D eigenvalue weighted by molar-refractivity contribution is 5.95. The standard InChI is InChI=1S/C18H20N2O3/c1-14-7-5-6-10-16(14)18(22)19-12-11-17(21)20-23-13-15-8-3-2-4-9-15/h2-10H,11-13H2,1H3,(H,19,22)(H,20,21). The van der Waals surface area contributed by atoms with Crippen LogP contribution in [0.3, 0.4) is 0 Å². The van der Waals surface area contributed by atoms with Gasteiger partial charge in [-0.15, -0.1) is 0 Å². The molecule has 2 amide bonds. The number of aryl methyl sites for hydroxylation is 1. The summed E-state index contributed by atoms with van der Waals surface area (Å²) in [6.07, 6.45) is 0.159. The van der Waals surface area contributed by atoms with Crippen molar-refractivity contribution in [1.82, 2.24) is 10.8 Å². The van der Waals surface area contributed by atoms with E-state index in [-0.39, 0.29) is 24.8 Å². The highest BCUT2D eigenvalue weighted by atomic mass is 16.6. The summed E-state index contributed by atoms with van der Waals surface area (Å²) in [5.74, 6) is -0.452. The Hall–Kier alpha value is -2.66. The molecule has 0 aliphatic rings. The number of rotatable bonds is 7. The van der Waals surface area contributed by atoms with Gasteiger partial charge >= 0.3 is 0 Å². The molecule has 5 nitrogen and oxygen atoms in total. The molecule has 2 N–H and O–H groups in total. The molecule has 0 heterocycles. The van der Waals surface area contributed by atoms with Crippen molar-refractivity contribution in [3.05, 3.63) is 71.3 Å². The van der Waals surface area contributed by atoms with E-state index in [1.165, 1.54) is 0 Å². The summed E-state index contributed by atoms with van der Waals surface area (Å²) in [7, 11) is 0. The van der Waals surface area contributed by atoms with Crippen LogP contribution in [-0.2, 0) is 16.2 Å². The minimum atomic E-state index is -0.272. The topological polar surface area (TPSA) is 67.4 Å². The summed E-state index contributed by atoms with van der Waals surface area (Å²) < 4.78 is 0. The van der Waals surface area contributed by atoms with E-state index in [0.717, 1.165) is 11.1 Å². The Balaban J connectivity index is 1.65. The second-order valence-corrected chi connectivity index (χ2v) is 5.12. The maximum atomic E-state index is 12.0. The fraction of sp³-hybridized carbons (Fsp3) is 0.222. The summed E-state index contributed by atoms with van der Waals surface area (Å²) in [5.41, 5.74) is 4.86. The lowest BCUT2D eigenvalue weighted by Gasteiger charge is -2.08. The first kappa shape index (κ1) is 16.7. The van der Waals surface area contributed by atoms with Gasteiger partial charge in [-0.2, -0.15) is 0 Å². The van der Waals surface area contributed by atoms with Gasteiger partial charge in [0.2, 0.25) is 5.91 Å². The Labute approximate surface area is 135 Å². The number of amides is 2. The molecule has 0 aliphatic heterocycles. The molecule has 0 fully saturated rings. The van der Waals surface area contributed by atoms with E-state index < -0.39 is 0 Å². The lowest BCUT2D eigenvalue weighted by atomic mass is 10.1. The Morgan fingerprint density at radius 3 is 2.43 bits per heavy atom. The minimum Gasteiger partial charge on any atom is -0.352 e. The van der Waals surface area contributed by atoms with E-state index in [2.05, 4.69) is 10.8 Å². The van der Waals surface area contributed by atoms with Crippen molar-refractivity contribution in [3.8, 4) is 0 Å². The zero-order valence-corrected chi connectivity index (χ0v) is 13.0. The van der Waals surface area contributed by atoms with Crippen LogP contribution in [0.2, 0.25) is 0 Å². The van der Waals surface area contributed by atoms with Gasteiger partial charge in [0.1, 0.15) is 0 Å². The molecule has 0 spiro atoms. The van der Waals surface area contributed by atoms with Crippen LogP contribution in [0.15, 0.2) is 54.6 Å². The molecule has 2 aromatic rings. The maximum Gasteiger partial charge on any atom is 0.251 e. The smallest absolute Gasteiger partial charge is 0.251 e. The number of hydrogen-bond acceptors (Lipinski definition) is 3. The number of carbonyl (C=O) groups excluding carboxylic acids is 2. The minimum absolute atomic E-state index is 0.159. The SMILES string of the molecule is Cc1ccccc1C(=O)NCCC(=O)NOCc1ccccc1. The summed E-state index contributed by atoms with van der Waals surface area (Å²) in [6, 6.07) is 16.9. The number of hydroxylamine groups is 1. The molecule has 0 aromatic heterocycles. The molecule has 5 heteroatoms. The molecule has 0 saturated carbocycles. The van der Waals surface area contributed by atoms with E-state index in [0.29, 0.717) is 12.2 Å². The largest absolute Gasteiger partial charge is 0.352 e. The number of hydrogen-bond donors (Lipinski definition) is 2. The van der Waals surface area contributed by atoms with Gasteiger partial charge < -0.3 is 5.32 Å². The van der Waals surface area contributed by atoms with Crippen LogP contribution in [0.5, 0.6) is 0 Å². The Morgan fingerprint density at radius 1 is 1.00 bits per heavy atom. The predicted molar refractivity (Wildman–Crippen MR) is 87.5 cm³/mol. The van der Waals surface area contributed by atoms with Crippen LogP contribution < -0.4 is 10.8 Å². The van der Waals surface area contributed by atoms with Crippen molar-refractivity contribution in [2.24, 2.45) is 0 Å². The third-order valence-electron chi connectivity index (χ3n) is 3.29. The molecule has 120 valence electrons. The molecule has 23 heavy (non-hydrogen) atoms. The third kappa shape index (κ3) is 5.56. The summed E-state index contributed by atoms with van der Waals surface area (Å²) in [5, 5.41) is 2.72. The van der Waals surface area contributed by atoms with Crippen LogP contribution in [0.1, 0.15) is 27.9 Å². The van der Waals surface area contributed by atoms with Gasteiger partial charge in [0.05, 0.1) is 6.61 Å². The van der Waals surface area contributed by atoms with Gasteiger partial charge in [-0.1, -0.05) is 48.5 Å². The van der Waals surface area contributed by atoms with Gasteiger partial charge in [-0.05, 0) is 24.1 Å². The Bertz CT molecular complexity index is 656. The predicted octanol–water partition coefficient (Wildman–Crippen LogP) is 2.36. The fourth-order valence-corrected chi connectivity index (χ4v) is 2.04. The molecule has 2 rings (SSSR count). The lowest BCUT2D eigenvalue weighted by molar-refractivity contribution is -0.134. The second kappa shape index (κ2) is 8.70. The van der Waals surface area contributed by atoms with Crippen molar-refractivity contribution in [3.63, 3.8) is 0 Å². The number of benzene rings is 2. The summed E-state index contributed by atoms with van der Waals surface area (Å²) in [4.78, 5) is 28.7. The van der Waals surface area contributed by atoms with Crippen LogP contribution in [0.4, 0.5) is 0 Å². The van der Waals surface area contributed by atoms with E-state index in [1.54, 1.807) is 6.07 Å². The van der Waals surface area contributed by atoms with E-state index >= 15 is 0 Å². The molecule has 0 unspecified atom stereocenters. The van der Waals surface area contributed by atoms with Crippen molar-refractivity contribution in [2.45, 2.75) is 20.0 Å². The van der Waals surface area contributed by atoms with E-state index in [1.807, 2.05) is 55.5 Å². The van der Waals surface area contributed by atoms with Crippen LogP contribution in [-0.4, -0.2) is 18.4 Å². The van der Waals surface area contributed by atoms with Crippen molar-refractivity contribution >= 4 is 11.8 Å². The van der Waals surface area contributed by atoms with Gasteiger partial charge in [-0.25, -0.2) is 5.48 Å². The maximum absolute atomic E-state index is 12.0. The Kier molecular flexibility index (Phi) is 6.32. The first-order valence-electron chi connectivity index (χ1n) is 7.45. The third-order valence-corrected chi connectivity index (χ3v) is 3.29. The van der Waals surface area contributed by atoms with Gasteiger partial charge in [-0.3, -0.25) is 14.4 Å². The molecular formula is C18H20N2O3. The monoisotopic (exact) mass is 312 g/mol. The number of carbonyl (C=O) groups is 2. The highest BCUT2D eigenvalue weighted by Gasteiger charge is 2.08. The van der Waals surface area contributed by atoms with Crippen LogP contribution >= 0.6 is 0 Å². The number of nitrogens with one attached hydrogen (secondary N) is 2. The second-order valence-electron chi connectivity index (χ2n) is 5.12. The van der Waals surface area contributed by atoms with Crippen molar-refractivity contribution in [2.75, 3.05) is 6.54 Å². The van der Waals surface area contributed by atoms with E-state index in [9.17, 15) is 9.59 Å². The van der Waals surface area contributed by atoms with Crippen LogP contribution in [0.25, 0.3) is 0 Å². The average molecular weight is 312 g/mol. The molecule has 0 atom stereocenters. The lowest BCUT2D eigenvalue weighted by Crippen LogP contribution is -2.31. The first-order chi connectivity index (χ1) is 11.2. The zero-order chi connectivity index (χ0) is 16.5. The quantitative estimate of drug-likeness (QED) is 0.771. The van der Waals surface area contributed by atoms with Gasteiger partial charge in [0.25, 0.3) is 5.91 Å². The van der Waals surface area contributed by atoms with Gasteiger partial charge in [0, 0.05) is 18.5 Å². The molecule has 2 aromatic carbocycles. The van der Waals surface area contributed by atoms with Crippen molar-refractivity contribution in [1.29, 1.82) is 0 Å². The summed E-state index contributed by atoms with van der Waals surface area (Å²) >= 11 is 0. The molecule has 0 radical (unpaired) electrons. The van der Waals surface area contributed by atoms with E-state index in [4.69, 9.17) is 4.84 Å². The average Bonchev–Trinajstić information content (AvgIpc) is 2.56.